The summed E-state index contributed by atoms with van der Waals surface area (Å²) in [6, 6.07) is -1.07. The Morgan fingerprint density at radius 2 is 2.09 bits per heavy atom. The first-order valence-corrected chi connectivity index (χ1v) is 7.30. The van der Waals surface area contributed by atoms with Gasteiger partial charge in [-0.2, -0.15) is 0 Å². The van der Waals surface area contributed by atoms with Crippen LogP contribution >= 0.6 is 12.4 Å². The Bertz CT molecular complexity index is 411. The lowest BCUT2D eigenvalue weighted by molar-refractivity contribution is -0.224. The first-order chi connectivity index (χ1) is 9.97. The summed E-state index contributed by atoms with van der Waals surface area (Å²) in [5.41, 5.74) is 16.4. The van der Waals surface area contributed by atoms with Crippen molar-refractivity contribution in [3.05, 3.63) is 0 Å². The molecule has 1 amide bonds. The Balaban J connectivity index is 0.00000441. The zero-order chi connectivity index (χ0) is 15.8. The highest BCUT2D eigenvalue weighted by Gasteiger charge is 2.31. The number of likely N-dealkylation sites (tertiary alicyclic amines) is 1. The van der Waals surface area contributed by atoms with Gasteiger partial charge in [-0.3, -0.25) is 9.79 Å². The molecule has 9 heteroatoms. The maximum atomic E-state index is 12.3. The van der Waals surface area contributed by atoms with Crippen LogP contribution in [-0.4, -0.2) is 54.4 Å². The number of aliphatic imine (C=N–C) groups is 2. The highest BCUT2D eigenvalue weighted by atomic mass is 35.5. The Morgan fingerprint density at radius 1 is 1.41 bits per heavy atom. The van der Waals surface area contributed by atoms with Gasteiger partial charge in [-0.25, -0.2) is 0 Å². The number of amides is 1. The molecule has 0 radical (unpaired) electrons. The average molecular weight is 334 g/mol. The number of carbonyl (C=O) groups is 1. The van der Waals surface area contributed by atoms with E-state index in [2.05, 4.69) is 9.98 Å². The monoisotopic (exact) mass is 333 g/mol. The lowest BCUT2D eigenvalue weighted by Crippen LogP contribution is -2.51. The molecule has 0 aromatic rings. The van der Waals surface area contributed by atoms with Crippen molar-refractivity contribution < 1.29 is 9.90 Å². The first kappa shape index (κ1) is 20.5. The van der Waals surface area contributed by atoms with Crippen LogP contribution in [0.3, 0.4) is 0 Å². The summed E-state index contributed by atoms with van der Waals surface area (Å²) in [5, 5.41) is 11.9. The minimum Gasteiger partial charge on any atom is -0.861 e. The first-order valence-electron chi connectivity index (χ1n) is 7.30. The third-order valence-corrected chi connectivity index (χ3v) is 3.42. The third-order valence-electron chi connectivity index (χ3n) is 3.42. The predicted octanol–water partition coefficient (Wildman–Crippen LogP) is -1.44. The van der Waals surface area contributed by atoms with Gasteiger partial charge in [0, 0.05) is 19.6 Å². The molecule has 1 aliphatic heterocycles. The summed E-state index contributed by atoms with van der Waals surface area (Å²) in [6.45, 7) is 3.24. The Morgan fingerprint density at radius 3 is 2.68 bits per heavy atom. The van der Waals surface area contributed by atoms with Crippen molar-refractivity contribution in [3.63, 3.8) is 0 Å². The van der Waals surface area contributed by atoms with Crippen molar-refractivity contribution in [1.82, 2.24) is 4.90 Å². The van der Waals surface area contributed by atoms with E-state index in [1.54, 1.807) is 11.8 Å². The van der Waals surface area contributed by atoms with Crippen LogP contribution in [0.5, 0.6) is 0 Å². The number of rotatable bonds is 7. The highest BCUT2D eigenvalue weighted by molar-refractivity contribution is 5.88. The molecule has 0 saturated carbocycles. The normalized spacial score (nSPS) is 19.5. The van der Waals surface area contributed by atoms with Crippen LogP contribution in [0.4, 0.5) is 0 Å². The van der Waals surface area contributed by atoms with Gasteiger partial charge in [0.15, 0.2) is 5.96 Å². The number of guanidine groups is 1. The SMILES string of the molecule is CCN=C([O-])[C@@H]1CCCN1C(=O)[C@@H](N)CCCN=C(N)N.Cl. The van der Waals surface area contributed by atoms with Crippen molar-refractivity contribution >= 4 is 30.2 Å². The van der Waals surface area contributed by atoms with Gasteiger partial charge in [-0.1, -0.05) is 0 Å². The quantitative estimate of drug-likeness (QED) is 0.296. The fourth-order valence-electron chi connectivity index (χ4n) is 2.40. The number of hydrogen-bond acceptors (Lipinski definition) is 5. The lowest BCUT2D eigenvalue weighted by atomic mass is 10.1. The van der Waals surface area contributed by atoms with Crippen LogP contribution in [0, 0.1) is 0 Å². The van der Waals surface area contributed by atoms with E-state index in [1.807, 2.05) is 0 Å². The second kappa shape index (κ2) is 10.2. The van der Waals surface area contributed by atoms with Gasteiger partial charge >= 0.3 is 0 Å². The average Bonchev–Trinajstić information content (AvgIpc) is 2.91. The molecule has 0 unspecified atom stereocenters. The molecular weight excluding hydrogens is 308 g/mol. The molecule has 8 nitrogen and oxygen atoms in total. The molecule has 1 rings (SSSR count). The van der Waals surface area contributed by atoms with Gasteiger partial charge < -0.3 is 32.2 Å². The van der Waals surface area contributed by atoms with Crippen molar-refractivity contribution in [1.29, 1.82) is 0 Å². The fraction of sp³-hybridized carbons (Fsp3) is 0.769. The third kappa shape index (κ3) is 6.07. The van der Waals surface area contributed by atoms with E-state index < -0.39 is 12.1 Å². The minimum absolute atomic E-state index is 0. The molecule has 0 aliphatic carbocycles. The Kier molecular flexibility index (Phi) is 9.51. The van der Waals surface area contributed by atoms with E-state index in [1.165, 1.54) is 0 Å². The summed E-state index contributed by atoms with van der Waals surface area (Å²) in [7, 11) is 0. The topological polar surface area (TPSA) is 146 Å². The van der Waals surface area contributed by atoms with Crippen molar-refractivity contribution in [2.75, 3.05) is 19.6 Å². The summed E-state index contributed by atoms with van der Waals surface area (Å²) < 4.78 is 0. The van der Waals surface area contributed by atoms with E-state index >= 15 is 0 Å². The summed E-state index contributed by atoms with van der Waals surface area (Å²) in [4.78, 5) is 21.6. The number of halogens is 1. The zero-order valence-electron chi connectivity index (χ0n) is 12.9. The molecule has 0 aromatic heterocycles. The molecule has 6 N–H and O–H groups in total. The van der Waals surface area contributed by atoms with Crippen molar-refractivity contribution in [3.8, 4) is 0 Å². The van der Waals surface area contributed by atoms with Gasteiger partial charge in [0.25, 0.3) is 0 Å². The van der Waals surface area contributed by atoms with Crippen LogP contribution in [0.15, 0.2) is 9.98 Å². The van der Waals surface area contributed by atoms with Gasteiger partial charge in [-0.15, -0.1) is 12.4 Å². The second-order valence-corrected chi connectivity index (χ2v) is 5.06. The second-order valence-electron chi connectivity index (χ2n) is 5.06. The van der Waals surface area contributed by atoms with Crippen molar-refractivity contribution in [2.45, 2.75) is 44.7 Å². The van der Waals surface area contributed by atoms with E-state index in [-0.39, 0.29) is 30.2 Å². The van der Waals surface area contributed by atoms with E-state index in [4.69, 9.17) is 17.2 Å². The molecule has 22 heavy (non-hydrogen) atoms. The molecule has 1 aliphatic rings. The van der Waals surface area contributed by atoms with Gasteiger partial charge in [0.1, 0.15) is 0 Å². The largest absolute Gasteiger partial charge is 0.861 e. The van der Waals surface area contributed by atoms with Crippen LogP contribution in [0.1, 0.15) is 32.6 Å². The van der Waals surface area contributed by atoms with E-state index in [0.717, 1.165) is 6.42 Å². The molecule has 0 aromatic carbocycles. The molecule has 128 valence electrons. The van der Waals surface area contributed by atoms with Crippen LogP contribution < -0.4 is 22.3 Å². The van der Waals surface area contributed by atoms with E-state index in [0.29, 0.717) is 38.9 Å². The van der Waals surface area contributed by atoms with Gasteiger partial charge in [0.05, 0.1) is 12.1 Å². The summed E-state index contributed by atoms with van der Waals surface area (Å²) in [5.74, 6) is -0.390. The molecule has 1 fully saturated rings. The van der Waals surface area contributed by atoms with E-state index in [9.17, 15) is 9.90 Å². The number of carbonyl (C=O) groups excluding carboxylic acids is 1. The lowest BCUT2D eigenvalue weighted by Gasteiger charge is -2.30. The molecule has 0 bridgehead atoms. The highest BCUT2D eigenvalue weighted by Crippen LogP contribution is 2.19. The standard InChI is InChI=1S/C13H26N6O2.ClH/c1-2-17-11(20)10-6-4-8-19(10)12(21)9(14)5-3-7-18-13(15)16;/h9-10H,2-8,14H2,1H3,(H,17,20)(H4,15,16,18);1H/p-1/t9-,10-;/m0./s1. The van der Waals surface area contributed by atoms with Crippen LogP contribution in [0.25, 0.3) is 0 Å². The summed E-state index contributed by atoms with van der Waals surface area (Å²) in [6.07, 6.45) is 2.57. The Labute approximate surface area is 137 Å². The van der Waals surface area contributed by atoms with Crippen LogP contribution in [-0.2, 0) is 4.79 Å². The molecule has 1 heterocycles. The molecular formula is C13H26ClN6O2-. The maximum Gasteiger partial charge on any atom is 0.240 e. The smallest absolute Gasteiger partial charge is 0.240 e. The molecule has 2 atom stereocenters. The zero-order valence-corrected chi connectivity index (χ0v) is 13.7. The van der Waals surface area contributed by atoms with Crippen LogP contribution in [0.2, 0.25) is 0 Å². The molecule has 1 saturated heterocycles. The van der Waals surface area contributed by atoms with Crippen molar-refractivity contribution in [2.24, 2.45) is 27.2 Å². The summed E-state index contributed by atoms with van der Waals surface area (Å²) >= 11 is 0. The Hall–Kier alpha value is -1.54. The minimum atomic E-state index is -0.630. The van der Waals surface area contributed by atoms with Gasteiger partial charge in [0.2, 0.25) is 5.91 Å². The van der Waals surface area contributed by atoms with Gasteiger partial charge in [-0.05, 0) is 38.5 Å². The number of nitrogens with two attached hydrogens (primary N) is 3. The fourth-order valence-corrected chi connectivity index (χ4v) is 2.40. The number of nitrogens with zero attached hydrogens (tertiary/aromatic N) is 3. The molecule has 0 spiro atoms. The predicted molar refractivity (Wildman–Crippen MR) is 87.8 cm³/mol. The number of hydrogen-bond donors (Lipinski definition) is 3. The maximum absolute atomic E-state index is 12.3.